The molecule has 0 saturated heterocycles. The maximum absolute atomic E-state index is 14.4. The van der Waals surface area contributed by atoms with E-state index in [9.17, 15) is 13.7 Å². The predicted octanol–water partition coefficient (Wildman–Crippen LogP) is 5.77. The van der Waals surface area contributed by atoms with Crippen LogP contribution in [0.15, 0.2) is 72.6 Å². The van der Waals surface area contributed by atoms with Crippen molar-refractivity contribution in [1.29, 1.82) is 5.26 Å². The third-order valence-corrected chi connectivity index (χ3v) is 9.88. The number of allylic oxidation sites excluding steroid dienone is 3. The number of nitriles is 1. The Kier molecular flexibility index (Phi) is 5.81. The van der Waals surface area contributed by atoms with E-state index >= 15 is 0 Å². The lowest BCUT2D eigenvalue weighted by molar-refractivity contribution is 0.555. The molecule has 0 bridgehead atoms. The molecule has 9 heteroatoms. The second-order valence-corrected chi connectivity index (χ2v) is 12.6. The third kappa shape index (κ3) is 4.08. The molecule has 6 rings (SSSR count). The largest absolute Gasteiger partial charge is 0.342 e. The summed E-state index contributed by atoms with van der Waals surface area (Å²) in [4.78, 5) is 8.00. The van der Waals surface area contributed by atoms with Crippen molar-refractivity contribution in [3.8, 4) is 6.07 Å². The Morgan fingerprint density at radius 1 is 1.18 bits per heavy atom. The van der Waals surface area contributed by atoms with Crippen LogP contribution in [0, 0.1) is 18.3 Å². The SMILES string of the molecule is CCC1=CC(C)(S(=O)(=O)n2ccc3c(Cc4nc5ccc(C#N)cc5[nH]4)ccc(C)c32)CC(c2ccn[nH]2)=C1. The van der Waals surface area contributed by atoms with Gasteiger partial charge in [0.1, 0.15) is 10.6 Å². The minimum Gasteiger partial charge on any atom is -0.342 e. The van der Waals surface area contributed by atoms with Crippen molar-refractivity contribution in [3.05, 3.63) is 101 Å². The standard InChI is InChI=1S/C30H28N6O2S/c1-4-20-13-23(25-9-11-32-35-25)17-30(3,16-20)39(37,38)36-12-10-24-22(7-5-19(2)29(24)36)15-28-33-26-8-6-21(18-31)14-27(26)34-28/h5-14,16H,4,15,17H2,1-3H3,(H,32,35)(H,33,34). The fraction of sp³-hybridized carbons (Fsp3) is 0.233. The first-order valence-electron chi connectivity index (χ1n) is 12.9. The molecule has 0 spiro atoms. The van der Waals surface area contributed by atoms with E-state index in [0.29, 0.717) is 23.9 Å². The number of benzene rings is 2. The normalized spacial score (nSPS) is 17.8. The molecule has 0 aliphatic heterocycles. The van der Waals surface area contributed by atoms with Crippen LogP contribution in [0.4, 0.5) is 0 Å². The van der Waals surface area contributed by atoms with Crippen molar-refractivity contribution in [2.24, 2.45) is 0 Å². The van der Waals surface area contributed by atoms with E-state index in [2.05, 4.69) is 27.3 Å². The van der Waals surface area contributed by atoms with Crippen molar-refractivity contribution in [1.82, 2.24) is 24.1 Å². The Hall–Kier alpha value is -4.42. The van der Waals surface area contributed by atoms with Crippen LogP contribution in [0.25, 0.3) is 27.5 Å². The minimum atomic E-state index is -3.84. The molecule has 5 aromatic rings. The van der Waals surface area contributed by atoms with Gasteiger partial charge in [0, 0.05) is 24.2 Å². The van der Waals surface area contributed by atoms with Crippen molar-refractivity contribution in [3.63, 3.8) is 0 Å². The highest BCUT2D eigenvalue weighted by molar-refractivity contribution is 7.91. The highest BCUT2D eigenvalue weighted by atomic mass is 32.2. The summed E-state index contributed by atoms with van der Waals surface area (Å²) in [6.07, 6.45) is 8.88. The summed E-state index contributed by atoms with van der Waals surface area (Å²) in [6, 6.07) is 15.3. The number of imidazole rings is 1. The van der Waals surface area contributed by atoms with E-state index in [-0.39, 0.29) is 0 Å². The number of rotatable bonds is 6. The second-order valence-electron chi connectivity index (χ2n) is 10.3. The van der Waals surface area contributed by atoms with Gasteiger partial charge in [-0.3, -0.25) is 5.10 Å². The number of aromatic amines is 2. The van der Waals surface area contributed by atoms with Crippen LogP contribution >= 0.6 is 0 Å². The molecule has 0 saturated carbocycles. The number of nitrogens with one attached hydrogen (secondary N) is 2. The van der Waals surface area contributed by atoms with Crippen molar-refractivity contribution in [2.75, 3.05) is 0 Å². The number of aromatic nitrogens is 5. The Bertz CT molecular complexity index is 1950. The zero-order valence-corrected chi connectivity index (χ0v) is 22.8. The molecule has 3 heterocycles. The van der Waals surface area contributed by atoms with Crippen LogP contribution in [-0.4, -0.2) is 37.3 Å². The maximum atomic E-state index is 14.4. The fourth-order valence-corrected chi connectivity index (χ4v) is 7.34. The van der Waals surface area contributed by atoms with Gasteiger partial charge in [0.05, 0.1) is 33.9 Å². The molecule has 1 atom stereocenters. The van der Waals surface area contributed by atoms with E-state index in [1.807, 2.05) is 50.3 Å². The van der Waals surface area contributed by atoms with Gasteiger partial charge in [-0.2, -0.15) is 10.4 Å². The maximum Gasteiger partial charge on any atom is 0.248 e. The number of fused-ring (bicyclic) bond motifs is 2. The topological polar surface area (TPSA) is 120 Å². The molecule has 1 unspecified atom stereocenters. The molecule has 2 N–H and O–H groups in total. The molecule has 2 aromatic carbocycles. The number of nitrogens with zero attached hydrogens (tertiary/aromatic N) is 4. The number of aryl methyl sites for hydroxylation is 1. The average molecular weight is 537 g/mol. The Morgan fingerprint density at radius 3 is 2.77 bits per heavy atom. The molecule has 1 aliphatic carbocycles. The van der Waals surface area contributed by atoms with Crippen molar-refractivity contribution in [2.45, 2.75) is 44.8 Å². The lowest BCUT2D eigenvalue weighted by Gasteiger charge is -2.32. The van der Waals surface area contributed by atoms with Crippen molar-refractivity contribution < 1.29 is 8.42 Å². The van der Waals surface area contributed by atoms with Crippen LogP contribution in [0.1, 0.15) is 54.9 Å². The molecule has 0 radical (unpaired) electrons. The first-order valence-corrected chi connectivity index (χ1v) is 14.3. The van der Waals surface area contributed by atoms with Gasteiger partial charge in [-0.25, -0.2) is 17.4 Å². The van der Waals surface area contributed by atoms with Gasteiger partial charge in [-0.15, -0.1) is 0 Å². The van der Waals surface area contributed by atoms with Gasteiger partial charge in [0.2, 0.25) is 10.0 Å². The monoisotopic (exact) mass is 536 g/mol. The van der Waals surface area contributed by atoms with Crippen LogP contribution in [0.2, 0.25) is 0 Å². The summed E-state index contributed by atoms with van der Waals surface area (Å²) in [5.74, 6) is 0.755. The van der Waals surface area contributed by atoms with Crippen LogP contribution in [0.5, 0.6) is 0 Å². The predicted molar refractivity (Wildman–Crippen MR) is 153 cm³/mol. The van der Waals surface area contributed by atoms with Crippen LogP contribution in [-0.2, 0) is 16.4 Å². The first kappa shape index (κ1) is 24.9. The Morgan fingerprint density at radius 2 is 2.03 bits per heavy atom. The zero-order valence-electron chi connectivity index (χ0n) is 22.0. The Labute approximate surface area is 226 Å². The molecule has 196 valence electrons. The van der Waals surface area contributed by atoms with Gasteiger partial charge < -0.3 is 4.98 Å². The summed E-state index contributed by atoms with van der Waals surface area (Å²) in [5.41, 5.74) is 7.44. The van der Waals surface area contributed by atoms with Crippen LogP contribution < -0.4 is 0 Å². The summed E-state index contributed by atoms with van der Waals surface area (Å²) in [7, 11) is -3.84. The quantitative estimate of drug-likeness (QED) is 0.285. The summed E-state index contributed by atoms with van der Waals surface area (Å²) in [5, 5.41) is 17.1. The highest BCUT2D eigenvalue weighted by Gasteiger charge is 2.42. The number of hydrogen-bond acceptors (Lipinski definition) is 5. The van der Waals surface area contributed by atoms with E-state index in [1.54, 1.807) is 31.5 Å². The minimum absolute atomic E-state index is 0.336. The van der Waals surface area contributed by atoms with E-state index < -0.39 is 14.8 Å². The van der Waals surface area contributed by atoms with Crippen LogP contribution in [0.3, 0.4) is 0 Å². The number of hydrogen-bond donors (Lipinski definition) is 2. The van der Waals surface area contributed by atoms with Gasteiger partial charge in [0.25, 0.3) is 0 Å². The summed E-state index contributed by atoms with van der Waals surface area (Å²) < 4.78 is 29.1. The molecular weight excluding hydrogens is 508 g/mol. The van der Waals surface area contributed by atoms with Gasteiger partial charge in [-0.1, -0.05) is 36.8 Å². The van der Waals surface area contributed by atoms with Gasteiger partial charge in [0.15, 0.2) is 0 Å². The Balaban J connectivity index is 1.42. The fourth-order valence-electron chi connectivity index (χ4n) is 5.54. The third-order valence-electron chi connectivity index (χ3n) is 7.62. The van der Waals surface area contributed by atoms with E-state index in [1.165, 1.54) is 3.97 Å². The van der Waals surface area contributed by atoms with E-state index in [0.717, 1.165) is 56.6 Å². The smallest absolute Gasteiger partial charge is 0.248 e. The van der Waals surface area contributed by atoms with E-state index in [4.69, 9.17) is 4.98 Å². The molecule has 39 heavy (non-hydrogen) atoms. The summed E-state index contributed by atoms with van der Waals surface area (Å²) >= 11 is 0. The first-order chi connectivity index (χ1) is 18.7. The molecular formula is C30H28N6O2S. The average Bonchev–Trinajstić information content (AvgIpc) is 3.69. The summed E-state index contributed by atoms with van der Waals surface area (Å²) in [6.45, 7) is 5.78. The lowest BCUT2D eigenvalue weighted by Crippen LogP contribution is -2.39. The highest BCUT2D eigenvalue weighted by Crippen LogP contribution is 2.40. The zero-order chi connectivity index (χ0) is 27.4. The van der Waals surface area contributed by atoms with Gasteiger partial charge in [-0.05, 0) is 73.7 Å². The molecule has 3 aromatic heterocycles. The molecule has 0 amide bonds. The molecule has 1 aliphatic rings. The van der Waals surface area contributed by atoms with Crippen molar-refractivity contribution >= 4 is 37.5 Å². The lowest BCUT2D eigenvalue weighted by atomic mass is 9.88. The molecule has 0 fully saturated rings. The number of H-pyrrole nitrogens is 2. The van der Waals surface area contributed by atoms with Gasteiger partial charge >= 0.3 is 0 Å². The second kappa shape index (κ2) is 9.10. The molecule has 8 nitrogen and oxygen atoms in total.